The third-order valence-electron chi connectivity index (χ3n) is 3.00. The summed E-state index contributed by atoms with van der Waals surface area (Å²) in [4.78, 5) is 9.30. The van der Waals surface area contributed by atoms with Crippen molar-refractivity contribution < 1.29 is 0 Å². The molecule has 0 unspecified atom stereocenters. The zero-order valence-electron chi connectivity index (χ0n) is 9.04. The number of hydrogen-bond donors (Lipinski definition) is 0. The summed E-state index contributed by atoms with van der Waals surface area (Å²) in [6, 6.07) is 16.1. The van der Waals surface area contributed by atoms with Crippen LogP contribution in [-0.2, 0) is 0 Å². The minimum absolute atomic E-state index is 0.909. The van der Waals surface area contributed by atoms with Crippen LogP contribution in [0.5, 0.6) is 0 Å². The second kappa shape index (κ2) is 3.04. The molecule has 0 bridgehead atoms. The topological polar surface area (TPSA) is 30.2 Å². The van der Waals surface area contributed by atoms with E-state index in [-0.39, 0.29) is 0 Å². The molecule has 3 heterocycles. The van der Waals surface area contributed by atoms with Gasteiger partial charge in [-0.2, -0.15) is 0 Å². The van der Waals surface area contributed by atoms with Gasteiger partial charge in [-0.25, -0.2) is 9.97 Å². The van der Waals surface area contributed by atoms with Gasteiger partial charge >= 0.3 is 0 Å². The largest absolute Gasteiger partial charge is 0.300 e. The number of pyridine rings is 1. The highest BCUT2D eigenvalue weighted by Crippen LogP contribution is 2.18. The summed E-state index contributed by atoms with van der Waals surface area (Å²) in [5, 5.41) is 0. The lowest BCUT2D eigenvalue weighted by atomic mass is 10.3. The third-order valence-corrected chi connectivity index (χ3v) is 3.00. The minimum Gasteiger partial charge on any atom is -0.300 e. The first-order chi connectivity index (χ1) is 8.42. The van der Waals surface area contributed by atoms with Gasteiger partial charge < -0.3 is 4.40 Å². The molecule has 80 valence electrons. The Kier molecular flexibility index (Phi) is 1.56. The molecule has 17 heavy (non-hydrogen) atoms. The van der Waals surface area contributed by atoms with Crippen LogP contribution in [0.4, 0.5) is 0 Å². The number of aromatic nitrogens is 3. The molecule has 0 N–H and O–H groups in total. The molecule has 0 spiro atoms. The molecule has 0 radical (unpaired) electrons. The predicted molar refractivity (Wildman–Crippen MR) is 68.0 cm³/mol. The van der Waals surface area contributed by atoms with Gasteiger partial charge in [0.25, 0.3) is 0 Å². The van der Waals surface area contributed by atoms with Crippen LogP contribution in [0.15, 0.2) is 54.7 Å². The summed E-state index contributed by atoms with van der Waals surface area (Å²) < 4.78 is 2.06. The van der Waals surface area contributed by atoms with Gasteiger partial charge in [0.2, 0.25) is 0 Å². The summed E-state index contributed by atoms with van der Waals surface area (Å²) in [7, 11) is 0. The number of para-hydroxylation sites is 2. The van der Waals surface area contributed by atoms with Crippen molar-refractivity contribution in [3.63, 3.8) is 0 Å². The van der Waals surface area contributed by atoms with E-state index in [4.69, 9.17) is 0 Å². The Morgan fingerprint density at radius 3 is 2.41 bits per heavy atom. The fourth-order valence-electron chi connectivity index (χ4n) is 2.18. The number of benzene rings is 1. The Balaban J connectivity index is 2.29. The van der Waals surface area contributed by atoms with Crippen molar-refractivity contribution in [1.82, 2.24) is 14.4 Å². The summed E-state index contributed by atoms with van der Waals surface area (Å²) in [5.41, 5.74) is 4.84. The molecule has 3 nitrogen and oxygen atoms in total. The van der Waals surface area contributed by atoms with Gasteiger partial charge in [-0.1, -0.05) is 12.1 Å². The van der Waals surface area contributed by atoms with Crippen LogP contribution in [0, 0.1) is 0 Å². The first-order valence-corrected chi connectivity index (χ1v) is 5.54. The van der Waals surface area contributed by atoms with Gasteiger partial charge in [-0.3, -0.25) is 0 Å². The van der Waals surface area contributed by atoms with Gasteiger partial charge in [0, 0.05) is 11.7 Å². The standard InChI is InChI=1S/C14H9N3/c1-2-6-12-11(5-1)15-13-8-7-10-4-3-9-17(10)14(13)16-12/h1-9H. The van der Waals surface area contributed by atoms with E-state index in [0.717, 1.165) is 27.7 Å². The fraction of sp³-hybridized carbons (Fsp3) is 0. The van der Waals surface area contributed by atoms with E-state index in [1.54, 1.807) is 0 Å². The van der Waals surface area contributed by atoms with Crippen LogP contribution >= 0.6 is 0 Å². The van der Waals surface area contributed by atoms with E-state index in [1.165, 1.54) is 0 Å². The molecule has 0 saturated carbocycles. The predicted octanol–water partition coefficient (Wildman–Crippen LogP) is 3.04. The van der Waals surface area contributed by atoms with Crippen molar-refractivity contribution in [3.05, 3.63) is 54.7 Å². The van der Waals surface area contributed by atoms with Crippen molar-refractivity contribution in [2.24, 2.45) is 0 Å². The molecule has 0 aliphatic heterocycles. The minimum atomic E-state index is 0.909. The molecule has 0 aliphatic rings. The highest BCUT2D eigenvalue weighted by atomic mass is 15.0. The average molecular weight is 219 g/mol. The molecular formula is C14H9N3. The molecule has 3 aromatic heterocycles. The van der Waals surface area contributed by atoms with Crippen molar-refractivity contribution >= 4 is 27.7 Å². The molecular weight excluding hydrogens is 210 g/mol. The monoisotopic (exact) mass is 219 g/mol. The van der Waals surface area contributed by atoms with Gasteiger partial charge in [0.1, 0.15) is 5.52 Å². The smallest absolute Gasteiger partial charge is 0.163 e. The lowest BCUT2D eigenvalue weighted by Gasteiger charge is -2.03. The van der Waals surface area contributed by atoms with Gasteiger partial charge in [-0.05, 0) is 36.4 Å². The first kappa shape index (κ1) is 8.70. The van der Waals surface area contributed by atoms with Crippen molar-refractivity contribution in [2.75, 3.05) is 0 Å². The lowest BCUT2D eigenvalue weighted by molar-refractivity contribution is 1.20. The van der Waals surface area contributed by atoms with Crippen molar-refractivity contribution in [1.29, 1.82) is 0 Å². The Morgan fingerprint density at radius 2 is 1.53 bits per heavy atom. The second-order valence-corrected chi connectivity index (χ2v) is 4.06. The molecule has 0 amide bonds. The maximum absolute atomic E-state index is 4.68. The maximum atomic E-state index is 4.68. The Hall–Kier alpha value is -2.42. The second-order valence-electron chi connectivity index (χ2n) is 4.06. The Bertz CT molecular complexity index is 846. The van der Waals surface area contributed by atoms with E-state index >= 15 is 0 Å². The van der Waals surface area contributed by atoms with Crippen LogP contribution in [-0.4, -0.2) is 14.4 Å². The van der Waals surface area contributed by atoms with E-state index in [2.05, 4.69) is 26.5 Å². The average Bonchev–Trinajstić information content (AvgIpc) is 2.85. The van der Waals surface area contributed by atoms with E-state index < -0.39 is 0 Å². The van der Waals surface area contributed by atoms with Gasteiger partial charge in [0.15, 0.2) is 5.65 Å². The molecule has 0 saturated heterocycles. The van der Waals surface area contributed by atoms with E-state index in [9.17, 15) is 0 Å². The lowest BCUT2D eigenvalue weighted by Crippen LogP contribution is -1.93. The van der Waals surface area contributed by atoms with Crippen LogP contribution < -0.4 is 0 Å². The van der Waals surface area contributed by atoms with Crippen LogP contribution in [0.2, 0.25) is 0 Å². The summed E-state index contributed by atoms with van der Waals surface area (Å²) in [6.07, 6.45) is 2.02. The van der Waals surface area contributed by atoms with E-state index in [1.807, 2.05) is 42.6 Å². The molecule has 4 aromatic rings. The Morgan fingerprint density at radius 1 is 0.706 bits per heavy atom. The van der Waals surface area contributed by atoms with Gasteiger partial charge in [0.05, 0.1) is 11.0 Å². The summed E-state index contributed by atoms with van der Waals surface area (Å²) in [6.45, 7) is 0. The Labute approximate surface area is 97.4 Å². The zero-order valence-corrected chi connectivity index (χ0v) is 9.04. The first-order valence-electron chi connectivity index (χ1n) is 5.54. The highest BCUT2D eigenvalue weighted by Gasteiger charge is 2.04. The molecule has 0 atom stereocenters. The third kappa shape index (κ3) is 1.16. The fourth-order valence-corrected chi connectivity index (χ4v) is 2.18. The molecule has 4 rings (SSSR count). The quantitative estimate of drug-likeness (QED) is 0.425. The number of rotatable bonds is 0. The molecule has 0 aliphatic carbocycles. The van der Waals surface area contributed by atoms with E-state index in [0.29, 0.717) is 0 Å². The molecule has 0 fully saturated rings. The van der Waals surface area contributed by atoms with Crippen molar-refractivity contribution in [2.45, 2.75) is 0 Å². The maximum Gasteiger partial charge on any atom is 0.163 e. The summed E-state index contributed by atoms with van der Waals surface area (Å²) in [5.74, 6) is 0. The van der Waals surface area contributed by atoms with Crippen molar-refractivity contribution in [3.8, 4) is 0 Å². The molecule has 3 heteroatoms. The van der Waals surface area contributed by atoms with Crippen LogP contribution in [0.25, 0.3) is 27.7 Å². The number of nitrogens with zero attached hydrogens (tertiary/aromatic N) is 3. The normalized spacial score (nSPS) is 11.5. The van der Waals surface area contributed by atoms with Gasteiger partial charge in [-0.15, -0.1) is 0 Å². The highest BCUT2D eigenvalue weighted by molar-refractivity contribution is 5.86. The number of fused-ring (bicyclic) bond motifs is 4. The SMILES string of the molecule is c1ccc2nc3c(ccc4cccn43)nc2c1. The van der Waals surface area contributed by atoms with Crippen LogP contribution in [0.3, 0.4) is 0 Å². The zero-order chi connectivity index (χ0) is 11.2. The van der Waals surface area contributed by atoms with Crippen LogP contribution in [0.1, 0.15) is 0 Å². The summed E-state index contributed by atoms with van der Waals surface area (Å²) >= 11 is 0. The molecule has 1 aromatic carbocycles. The number of hydrogen-bond acceptors (Lipinski definition) is 2.